The molecule has 0 amide bonds. The van der Waals surface area contributed by atoms with Gasteiger partial charge in [0.25, 0.3) is 0 Å². The Bertz CT molecular complexity index is 2790. The number of rotatable bonds is 4. The first kappa shape index (κ1) is 31.5. The third-order valence-electron chi connectivity index (χ3n) is 10.3. The second kappa shape index (κ2) is 13.0. The maximum Gasteiger partial charge on any atom is 0.178 e. The summed E-state index contributed by atoms with van der Waals surface area (Å²) in [7, 11) is 0. The summed E-state index contributed by atoms with van der Waals surface area (Å²) in [5.74, 6) is 1.90. The van der Waals surface area contributed by atoms with Crippen LogP contribution >= 0.6 is 0 Å². The Morgan fingerprint density at radius 1 is 0.423 bits per heavy atom. The van der Waals surface area contributed by atoms with Crippen molar-refractivity contribution in [2.24, 2.45) is 4.99 Å². The molecule has 1 unspecified atom stereocenters. The predicted octanol–water partition coefficient (Wildman–Crippen LogP) is 12.3. The molecule has 1 aliphatic heterocycles. The zero-order chi connectivity index (χ0) is 33.7. The van der Waals surface area contributed by atoms with Crippen molar-refractivity contribution in [3.05, 3.63) is 181 Å². The average molecular weight is 669 g/mol. The second-order valence-electron chi connectivity index (χ2n) is 13.3. The Balaban J connectivity index is 0.00000360. The zero-order valence-corrected chi connectivity index (χ0v) is 27.9. The van der Waals surface area contributed by atoms with E-state index in [2.05, 4.69) is 164 Å². The number of aliphatic imine (C=N–C) groups is 1. The number of nitrogens with zero attached hydrogens (tertiary/aromatic N) is 4. The summed E-state index contributed by atoms with van der Waals surface area (Å²) >= 11 is 0. The summed E-state index contributed by atoms with van der Waals surface area (Å²) in [6, 6.07) is 58.0. The lowest BCUT2D eigenvalue weighted by Crippen LogP contribution is -2.18. The predicted molar refractivity (Wildman–Crippen MR) is 218 cm³/mol. The summed E-state index contributed by atoms with van der Waals surface area (Å²) in [5.41, 5.74) is 6.19. The molecule has 4 heteroatoms. The van der Waals surface area contributed by atoms with Gasteiger partial charge in [-0.3, -0.25) is 0 Å². The van der Waals surface area contributed by atoms with Gasteiger partial charge in [-0.2, -0.15) is 0 Å². The van der Waals surface area contributed by atoms with Crippen LogP contribution in [0.2, 0.25) is 0 Å². The molecule has 2 heterocycles. The fourth-order valence-electron chi connectivity index (χ4n) is 7.82. The third kappa shape index (κ3) is 5.41. The van der Waals surface area contributed by atoms with Crippen LogP contribution in [-0.2, 0) is 6.42 Å². The van der Waals surface area contributed by atoms with E-state index < -0.39 is 0 Å². The van der Waals surface area contributed by atoms with Crippen LogP contribution in [0.1, 0.15) is 36.7 Å². The summed E-state index contributed by atoms with van der Waals surface area (Å²) in [5, 5.41) is 9.67. The number of benzene rings is 8. The maximum absolute atomic E-state index is 5.38. The van der Waals surface area contributed by atoms with Crippen LogP contribution in [0.5, 0.6) is 0 Å². The molecule has 0 fully saturated rings. The number of para-hydroxylation sites is 1. The summed E-state index contributed by atoms with van der Waals surface area (Å²) in [6.45, 7) is 0. The second-order valence-corrected chi connectivity index (χ2v) is 13.3. The van der Waals surface area contributed by atoms with E-state index in [0.717, 1.165) is 40.8 Å². The highest BCUT2D eigenvalue weighted by Gasteiger charge is 2.27. The van der Waals surface area contributed by atoms with Gasteiger partial charge < -0.3 is 0 Å². The van der Waals surface area contributed by atoms with Gasteiger partial charge in [0, 0.05) is 17.0 Å². The van der Waals surface area contributed by atoms with Crippen LogP contribution in [0, 0.1) is 0 Å². The average Bonchev–Trinajstić information content (AvgIpc) is 3.41. The van der Waals surface area contributed by atoms with Crippen molar-refractivity contribution in [3.63, 3.8) is 0 Å². The van der Waals surface area contributed by atoms with Crippen molar-refractivity contribution in [1.82, 2.24) is 15.0 Å². The topological polar surface area (TPSA) is 51.0 Å². The molecule has 0 N–H and O–H groups in total. The summed E-state index contributed by atoms with van der Waals surface area (Å²) < 4.78 is 0. The lowest BCUT2D eigenvalue weighted by Gasteiger charge is -2.18. The van der Waals surface area contributed by atoms with E-state index in [1.807, 2.05) is 0 Å². The molecular formula is C48H36N4. The summed E-state index contributed by atoms with van der Waals surface area (Å²) in [4.78, 5) is 21.1. The Morgan fingerprint density at radius 2 is 0.962 bits per heavy atom. The van der Waals surface area contributed by atoms with E-state index in [4.69, 9.17) is 19.9 Å². The Hall–Kier alpha value is -6.52. The van der Waals surface area contributed by atoms with Crippen LogP contribution in [0.3, 0.4) is 0 Å². The highest BCUT2D eigenvalue weighted by atomic mass is 15.1. The molecule has 8 aromatic carbocycles. The maximum atomic E-state index is 5.38. The van der Waals surface area contributed by atoms with Gasteiger partial charge in [-0.05, 0) is 85.3 Å². The Kier molecular flexibility index (Phi) is 7.85. The third-order valence-corrected chi connectivity index (χ3v) is 10.3. The molecule has 1 aromatic heterocycles. The van der Waals surface area contributed by atoms with Crippen LogP contribution in [0.15, 0.2) is 169 Å². The largest absolute Gasteiger partial charge is 0.249 e. The van der Waals surface area contributed by atoms with Crippen LogP contribution in [0.25, 0.3) is 65.9 Å². The SMILES string of the molecule is C.c1ccc(C2CCc3ccccc3N=C2c2nc(-c3ccc4ccccc4c3)nc(-c3ccc4c5ccccc5c5ccccc5c4c3)n2)cc1. The number of aromatic nitrogens is 3. The number of aryl methyl sites for hydroxylation is 1. The Morgan fingerprint density at radius 3 is 1.69 bits per heavy atom. The van der Waals surface area contributed by atoms with Gasteiger partial charge in [-0.25, -0.2) is 19.9 Å². The van der Waals surface area contributed by atoms with Gasteiger partial charge in [0.15, 0.2) is 17.5 Å². The molecule has 248 valence electrons. The van der Waals surface area contributed by atoms with E-state index in [1.54, 1.807) is 0 Å². The van der Waals surface area contributed by atoms with E-state index in [1.165, 1.54) is 48.8 Å². The lowest BCUT2D eigenvalue weighted by atomic mass is 9.88. The molecule has 0 bridgehead atoms. The molecule has 4 nitrogen and oxygen atoms in total. The van der Waals surface area contributed by atoms with Gasteiger partial charge in [0.1, 0.15) is 0 Å². The molecular weight excluding hydrogens is 633 g/mol. The minimum absolute atomic E-state index is 0. The van der Waals surface area contributed by atoms with Crippen molar-refractivity contribution in [1.29, 1.82) is 0 Å². The molecule has 1 aliphatic rings. The number of hydrogen-bond acceptors (Lipinski definition) is 4. The van der Waals surface area contributed by atoms with Crippen molar-refractivity contribution in [2.45, 2.75) is 26.2 Å². The summed E-state index contributed by atoms with van der Waals surface area (Å²) in [6.07, 6.45) is 1.82. The minimum atomic E-state index is 0. The van der Waals surface area contributed by atoms with Gasteiger partial charge in [0.05, 0.1) is 11.4 Å². The standard InChI is InChI=1S/C47H32N4.CH4/c1-2-13-31(14-3-1)36-26-24-32-15-6-11-21-43(32)48-44(36)47-50-45(34-23-22-30-12-4-5-16-33(30)28-34)49-46(51-47)35-25-27-41-39-19-8-7-17-37(39)38-18-9-10-20-40(38)42(41)29-35;/h1-23,25,27-29,36H,24,26H2;1H4. The molecule has 10 rings (SSSR count). The van der Waals surface area contributed by atoms with Gasteiger partial charge in [-0.1, -0.05) is 153 Å². The molecule has 9 aromatic rings. The van der Waals surface area contributed by atoms with Crippen molar-refractivity contribution in [3.8, 4) is 22.8 Å². The molecule has 52 heavy (non-hydrogen) atoms. The van der Waals surface area contributed by atoms with Gasteiger partial charge in [-0.15, -0.1) is 0 Å². The van der Waals surface area contributed by atoms with Crippen molar-refractivity contribution < 1.29 is 0 Å². The van der Waals surface area contributed by atoms with Crippen LogP contribution < -0.4 is 0 Å². The Labute approximate surface area is 303 Å². The molecule has 0 aliphatic carbocycles. The fraction of sp³-hybridized carbons (Fsp3) is 0.0833. The first-order valence-corrected chi connectivity index (χ1v) is 17.6. The molecule has 1 atom stereocenters. The van der Waals surface area contributed by atoms with Gasteiger partial charge >= 0.3 is 0 Å². The van der Waals surface area contributed by atoms with Crippen molar-refractivity contribution in [2.75, 3.05) is 0 Å². The van der Waals surface area contributed by atoms with E-state index in [-0.39, 0.29) is 13.3 Å². The number of fused-ring (bicyclic) bond motifs is 8. The zero-order valence-electron chi connectivity index (χ0n) is 27.9. The minimum Gasteiger partial charge on any atom is -0.249 e. The van der Waals surface area contributed by atoms with E-state index in [0.29, 0.717) is 17.5 Å². The van der Waals surface area contributed by atoms with E-state index >= 15 is 0 Å². The first-order valence-electron chi connectivity index (χ1n) is 17.6. The van der Waals surface area contributed by atoms with Crippen LogP contribution in [0.4, 0.5) is 5.69 Å². The monoisotopic (exact) mass is 668 g/mol. The number of hydrogen-bond donors (Lipinski definition) is 0. The quantitative estimate of drug-likeness (QED) is 0.175. The molecule has 0 saturated heterocycles. The molecule has 0 radical (unpaired) electrons. The van der Waals surface area contributed by atoms with E-state index in [9.17, 15) is 0 Å². The van der Waals surface area contributed by atoms with Crippen LogP contribution in [-0.4, -0.2) is 20.7 Å². The molecule has 0 spiro atoms. The van der Waals surface area contributed by atoms with Crippen molar-refractivity contribution >= 4 is 54.5 Å². The highest BCUT2D eigenvalue weighted by molar-refractivity contribution is 6.25. The lowest BCUT2D eigenvalue weighted by molar-refractivity contribution is 0.771. The highest BCUT2D eigenvalue weighted by Crippen LogP contribution is 2.38. The van der Waals surface area contributed by atoms with Gasteiger partial charge in [0.2, 0.25) is 0 Å². The smallest absolute Gasteiger partial charge is 0.178 e. The fourth-order valence-corrected chi connectivity index (χ4v) is 7.82. The first-order chi connectivity index (χ1) is 25.3. The molecule has 0 saturated carbocycles. The normalized spacial score (nSPS) is 14.2.